The predicted molar refractivity (Wildman–Crippen MR) is 77.8 cm³/mol. The second-order valence-electron chi connectivity index (χ2n) is 5.57. The van der Waals surface area contributed by atoms with E-state index >= 15 is 0 Å². The van der Waals surface area contributed by atoms with Gasteiger partial charge in [-0.1, -0.05) is 17.7 Å². The molecule has 2 fully saturated rings. The van der Waals surface area contributed by atoms with Crippen LogP contribution in [0.1, 0.15) is 22.3 Å². The van der Waals surface area contributed by atoms with Gasteiger partial charge in [-0.2, -0.15) is 0 Å². The Bertz CT molecular complexity index is 542. The topological polar surface area (TPSA) is 59.0 Å². The molecule has 1 N–H and O–H groups in total. The molecule has 0 radical (unpaired) electrons. The van der Waals surface area contributed by atoms with Crippen LogP contribution in [0.25, 0.3) is 0 Å². The molecule has 114 valence electrons. The van der Waals surface area contributed by atoms with E-state index in [1.165, 1.54) is 0 Å². The standard InChI is InChI=1S/C15H18ClNO4/c16-13-3-1-2-11(14(18)19)12(13)8-17-5-7-21-10-15(17)4-6-20-9-15/h1-3H,4-10H2,(H,18,19). The van der Waals surface area contributed by atoms with E-state index in [9.17, 15) is 9.90 Å². The van der Waals surface area contributed by atoms with Crippen LogP contribution in [0.4, 0.5) is 0 Å². The summed E-state index contributed by atoms with van der Waals surface area (Å²) in [6.07, 6.45) is 0.903. The van der Waals surface area contributed by atoms with E-state index in [1.807, 2.05) is 0 Å². The molecule has 21 heavy (non-hydrogen) atoms. The van der Waals surface area contributed by atoms with Crippen LogP contribution >= 0.6 is 11.6 Å². The first-order chi connectivity index (χ1) is 10.1. The average molecular weight is 312 g/mol. The van der Waals surface area contributed by atoms with Crippen molar-refractivity contribution in [2.75, 3.05) is 33.0 Å². The minimum atomic E-state index is -0.947. The van der Waals surface area contributed by atoms with E-state index < -0.39 is 5.97 Å². The van der Waals surface area contributed by atoms with Gasteiger partial charge in [-0.3, -0.25) is 4.90 Å². The maximum atomic E-state index is 11.4. The summed E-state index contributed by atoms with van der Waals surface area (Å²) in [4.78, 5) is 13.7. The lowest BCUT2D eigenvalue weighted by Gasteiger charge is -2.43. The number of hydrogen-bond donors (Lipinski definition) is 1. The van der Waals surface area contributed by atoms with Gasteiger partial charge in [0.2, 0.25) is 0 Å². The monoisotopic (exact) mass is 311 g/mol. The number of aromatic carboxylic acids is 1. The molecule has 1 atom stereocenters. The highest BCUT2D eigenvalue weighted by Gasteiger charge is 2.43. The number of carbonyl (C=O) groups is 1. The normalized spacial score (nSPS) is 26.3. The summed E-state index contributed by atoms with van der Waals surface area (Å²) >= 11 is 6.24. The van der Waals surface area contributed by atoms with Crippen LogP contribution < -0.4 is 0 Å². The van der Waals surface area contributed by atoms with Crippen molar-refractivity contribution < 1.29 is 19.4 Å². The van der Waals surface area contributed by atoms with Crippen molar-refractivity contribution in [2.24, 2.45) is 0 Å². The molecule has 5 nitrogen and oxygen atoms in total. The van der Waals surface area contributed by atoms with Gasteiger partial charge in [0.05, 0.1) is 30.9 Å². The summed E-state index contributed by atoms with van der Waals surface area (Å²) in [6, 6.07) is 5.01. The predicted octanol–water partition coefficient (Wildman–Crippen LogP) is 2.03. The molecule has 1 aromatic rings. The number of halogens is 1. The van der Waals surface area contributed by atoms with Crippen LogP contribution in [0.15, 0.2) is 18.2 Å². The van der Waals surface area contributed by atoms with Crippen molar-refractivity contribution in [1.82, 2.24) is 4.90 Å². The van der Waals surface area contributed by atoms with Crippen LogP contribution in [0.2, 0.25) is 5.02 Å². The van der Waals surface area contributed by atoms with E-state index in [4.69, 9.17) is 21.1 Å². The minimum Gasteiger partial charge on any atom is -0.478 e. The van der Waals surface area contributed by atoms with Crippen molar-refractivity contribution in [3.8, 4) is 0 Å². The van der Waals surface area contributed by atoms with Crippen molar-refractivity contribution >= 4 is 17.6 Å². The Morgan fingerprint density at radius 1 is 1.33 bits per heavy atom. The van der Waals surface area contributed by atoms with Gasteiger partial charge < -0.3 is 14.6 Å². The second kappa shape index (κ2) is 5.93. The maximum Gasteiger partial charge on any atom is 0.336 e. The number of rotatable bonds is 3. The second-order valence-corrected chi connectivity index (χ2v) is 5.98. The highest BCUT2D eigenvalue weighted by Crippen LogP contribution is 2.32. The van der Waals surface area contributed by atoms with Gasteiger partial charge in [0.1, 0.15) is 0 Å². The molecular weight excluding hydrogens is 294 g/mol. The van der Waals surface area contributed by atoms with Crippen molar-refractivity contribution in [3.63, 3.8) is 0 Å². The Morgan fingerprint density at radius 3 is 2.81 bits per heavy atom. The van der Waals surface area contributed by atoms with E-state index in [1.54, 1.807) is 18.2 Å². The Hall–Kier alpha value is -1.14. The summed E-state index contributed by atoms with van der Waals surface area (Å²) < 4.78 is 11.2. The van der Waals surface area contributed by atoms with Crippen molar-refractivity contribution in [2.45, 2.75) is 18.5 Å². The summed E-state index contributed by atoms with van der Waals surface area (Å²) in [5, 5.41) is 9.85. The lowest BCUT2D eigenvalue weighted by Crippen LogP contribution is -2.57. The molecule has 2 saturated heterocycles. The molecular formula is C15H18ClNO4. The average Bonchev–Trinajstić information content (AvgIpc) is 2.92. The first kappa shape index (κ1) is 14.8. The molecule has 1 aromatic carbocycles. The van der Waals surface area contributed by atoms with Gasteiger partial charge in [-0.05, 0) is 24.1 Å². The Labute approximate surface area is 128 Å². The maximum absolute atomic E-state index is 11.4. The van der Waals surface area contributed by atoms with E-state index in [-0.39, 0.29) is 11.1 Å². The molecule has 2 aliphatic rings. The van der Waals surface area contributed by atoms with Crippen LogP contribution in [0, 0.1) is 0 Å². The number of morpholine rings is 1. The summed E-state index contributed by atoms with van der Waals surface area (Å²) in [7, 11) is 0. The molecule has 2 heterocycles. The van der Waals surface area contributed by atoms with Gasteiger partial charge in [0.15, 0.2) is 0 Å². The third-order valence-corrected chi connectivity index (χ3v) is 4.68. The number of carboxylic acid groups (broad SMARTS) is 1. The Balaban J connectivity index is 1.90. The quantitative estimate of drug-likeness (QED) is 0.925. The minimum absolute atomic E-state index is 0.146. The third-order valence-electron chi connectivity index (χ3n) is 4.33. The first-order valence-electron chi connectivity index (χ1n) is 7.04. The number of carboxylic acids is 1. The molecule has 0 saturated carbocycles. The highest BCUT2D eigenvalue weighted by molar-refractivity contribution is 6.31. The van der Waals surface area contributed by atoms with Crippen molar-refractivity contribution in [1.29, 1.82) is 0 Å². The lowest BCUT2D eigenvalue weighted by atomic mass is 9.94. The van der Waals surface area contributed by atoms with Crippen LogP contribution in [0.5, 0.6) is 0 Å². The molecule has 1 spiro atoms. The lowest BCUT2D eigenvalue weighted by molar-refractivity contribution is -0.0750. The molecule has 0 amide bonds. The fraction of sp³-hybridized carbons (Fsp3) is 0.533. The van der Waals surface area contributed by atoms with Gasteiger partial charge in [0.25, 0.3) is 0 Å². The van der Waals surface area contributed by atoms with E-state index in [0.717, 1.165) is 13.0 Å². The number of hydrogen-bond acceptors (Lipinski definition) is 4. The number of nitrogens with zero attached hydrogens (tertiary/aromatic N) is 1. The van der Waals surface area contributed by atoms with Gasteiger partial charge >= 0.3 is 5.97 Å². The smallest absolute Gasteiger partial charge is 0.336 e. The Kier molecular flexibility index (Phi) is 4.17. The first-order valence-corrected chi connectivity index (χ1v) is 7.41. The van der Waals surface area contributed by atoms with Gasteiger partial charge in [-0.15, -0.1) is 0 Å². The molecule has 3 rings (SSSR count). The third kappa shape index (κ3) is 2.79. The summed E-state index contributed by atoms with van der Waals surface area (Å²) in [6.45, 7) is 3.88. The van der Waals surface area contributed by atoms with Crippen LogP contribution in [-0.2, 0) is 16.0 Å². The fourth-order valence-electron chi connectivity index (χ4n) is 3.08. The summed E-state index contributed by atoms with van der Waals surface area (Å²) in [5.74, 6) is -0.947. The Morgan fingerprint density at radius 2 is 2.10 bits per heavy atom. The zero-order valence-electron chi connectivity index (χ0n) is 11.7. The zero-order valence-corrected chi connectivity index (χ0v) is 12.4. The van der Waals surface area contributed by atoms with E-state index in [2.05, 4.69) is 4.90 Å². The number of benzene rings is 1. The fourth-order valence-corrected chi connectivity index (χ4v) is 3.32. The van der Waals surface area contributed by atoms with E-state index in [0.29, 0.717) is 43.6 Å². The number of ether oxygens (including phenoxy) is 2. The molecule has 0 aromatic heterocycles. The molecule has 1 unspecified atom stereocenters. The molecule has 2 aliphatic heterocycles. The SMILES string of the molecule is O=C(O)c1cccc(Cl)c1CN1CCOCC12CCOC2. The zero-order chi connectivity index (χ0) is 14.9. The summed E-state index contributed by atoms with van der Waals surface area (Å²) in [5.41, 5.74) is 0.788. The van der Waals surface area contributed by atoms with Crippen LogP contribution in [0.3, 0.4) is 0 Å². The largest absolute Gasteiger partial charge is 0.478 e. The van der Waals surface area contributed by atoms with Gasteiger partial charge in [-0.25, -0.2) is 4.79 Å². The van der Waals surface area contributed by atoms with Gasteiger partial charge in [0, 0.05) is 24.7 Å². The molecule has 0 bridgehead atoms. The molecule has 0 aliphatic carbocycles. The van der Waals surface area contributed by atoms with Crippen LogP contribution in [-0.4, -0.2) is 54.5 Å². The molecule has 6 heteroatoms. The highest BCUT2D eigenvalue weighted by atomic mass is 35.5. The van der Waals surface area contributed by atoms with Crippen molar-refractivity contribution in [3.05, 3.63) is 34.3 Å².